The monoisotopic (exact) mass is 457 g/mol. The smallest absolute Gasteiger partial charge is 0.355 e. The van der Waals surface area contributed by atoms with Crippen molar-refractivity contribution in [2.24, 2.45) is 0 Å². The van der Waals surface area contributed by atoms with E-state index in [4.69, 9.17) is 0 Å². The highest BCUT2D eigenvalue weighted by atomic mass is 19.4. The first-order chi connectivity index (χ1) is 13.2. The van der Waals surface area contributed by atoms with Gasteiger partial charge in [0.15, 0.2) is 0 Å². The zero-order chi connectivity index (χ0) is 23.7. The second kappa shape index (κ2) is 8.26. The van der Waals surface area contributed by atoms with Gasteiger partial charge in [-0.15, -0.1) is 0 Å². The minimum atomic E-state index is -5.27. The number of benzene rings is 1. The summed E-state index contributed by atoms with van der Waals surface area (Å²) in [7, 11) is 0. The Morgan fingerprint density at radius 2 is 1.17 bits per heavy atom. The van der Waals surface area contributed by atoms with Crippen LogP contribution in [0.25, 0.3) is 0 Å². The number of halogens is 12. The summed E-state index contributed by atoms with van der Waals surface area (Å²) in [6.45, 7) is 3.02. The first kappa shape index (κ1) is 25.4. The molecule has 0 bridgehead atoms. The Bertz CT molecular complexity index is 815. The zero-order valence-corrected chi connectivity index (χ0v) is 14.6. The van der Waals surface area contributed by atoms with Crippen LogP contribution in [0.2, 0.25) is 0 Å². The molecular formula is C17H11F12N. The average Bonchev–Trinajstić information content (AvgIpc) is 2.50. The zero-order valence-electron chi connectivity index (χ0n) is 14.6. The van der Waals surface area contributed by atoms with E-state index in [0.717, 1.165) is 0 Å². The van der Waals surface area contributed by atoms with Crippen molar-refractivity contribution in [2.45, 2.75) is 31.6 Å². The summed E-state index contributed by atoms with van der Waals surface area (Å²) in [5.41, 5.74) is -8.92. The molecule has 0 aliphatic rings. The van der Waals surface area contributed by atoms with Crippen LogP contribution in [0.15, 0.2) is 53.8 Å². The van der Waals surface area contributed by atoms with Crippen LogP contribution in [0.4, 0.5) is 58.4 Å². The minimum absolute atomic E-state index is 0.0166. The maximum Gasteiger partial charge on any atom is 0.416 e. The van der Waals surface area contributed by atoms with Crippen LogP contribution in [-0.4, -0.2) is 12.4 Å². The summed E-state index contributed by atoms with van der Waals surface area (Å²) in [6, 6.07) is -0.0353. The third-order valence-electron chi connectivity index (χ3n) is 3.39. The van der Waals surface area contributed by atoms with Gasteiger partial charge >= 0.3 is 24.7 Å². The molecule has 1 N–H and O–H groups in total. The minimum Gasteiger partial charge on any atom is -0.355 e. The quantitative estimate of drug-likeness (QED) is 0.362. The number of rotatable bonds is 4. The number of hydrogen-bond acceptors (Lipinski definition) is 1. The van der Waals surface area contributed by atoms with Crippen molar-refractivity contribution in [1.82, 2.24) is 0 Å². The Labute approximate surface area is 161 Å². The number of allylic oxidation sites excluding steroid dienone is 4. The van der Waals surface area contributed by atoms with Crippen LogP contribution in [0.5, 0.6) is 0 Å². The SMILES string of the molecule is C=C(/C=C(\C=C(/C)C(F)(F)F)Nc1cc(C(F)(F)F)cc(C(F)(F)F)c1)C(F)(F)F. The predicted octanol–water partition coefficient (Wildman–Crippen LogP) is 7.65. The number of anilines is 1. The van der Waals surface area contributed by atoms with Crippen molar-refractivity contribution in [3.8, 4) is 0 Å². The predicted molar refractivity (Wildman–Crippen MR) is 83.2 cm³/mol. The molecule has 0 radical (unpaired) electrons. The van der Waals surface area contributed by atoms with Crippen molar-refractivity contribution in [3.05, 3.63) is 64.9 Å². The second-order valence-electron chi connectivity index (χ2n) is 5.87. The summed E-state index contributed by atoms with van der Waals surface area (Å²) in [4.78, 5) is 0. The van der Waals surface area contributed by atoms with E-state index >= 15 is 0 Å². The molecule has 30 heavy (non-hydrogen) atoms. The normalized spacial score (nSPS) is 14.7. The summed E-state index contributed by atoms with van der Waals surface area (Å²) in [6.07, 6.45) is -20.6. The summed E-state index contributed by atoms with van der Waals surface area (Å²) in [5.74, 6) is 0. The standard InChI is InChI=1S/C17H11F12N/c1-8(14(18,19)20)3-12(4-9(2)15(21,22)23)30-13-6-10(16(24,25)26)5-11(7-13)17(27,28)29/h3-7,30H,1H2,2H3/b9-4+,12-3+. The van der Waals surface area contributed by atoms with Crippen LogP contribution in [0.3, 0.4) is 0 Å². The van der Waals surface area contributed by atoms with Crippen molar-refractivity contribution in [2.75, 3.05) is 5.32 Å². The van der Waals surface area contributed by atoms with Gasteiger partial charge in [0, 0.05) is 17.0 Å². The van der Waals surface area contributed by atoms with Gasteiger partial charge in [-0.25, -0.2) is 0 Å². The molecule has 13 heteroatoms. The van der Waals surface area contributed by atoms with Gasteiger partial charge in [0.05, 0.1) is 16.7 Å². The lowest BCUT2D eigenvalue weighted by atomic mass is 10.1. The average molecular weight is 457 g/mol. The summed E-state index contributed by atoms with van der Waals surface area (Å²) in [5, 5.41) is 1.73. The summed E-state index contributed by atoms with van der Waals surface area (Å²) >= 11 is 0. The molecule has 1 aromatic rings. The molecule has 168 valence electrons. The van der Waals surface area contributed by atoms with E-state index in [1.54, 1.807) is 5.32 Å². The molecule has 0 aliphatic heterocycles. The molecule has 1 nitrogen and oxygen atoms in total. The highest BCUT2D eigenvalue weighted by Crippen LogP contribution is 2.38. The Morgan fingerprint density at radius 3 is 1.50 bits per heavy atom. The molecular weight excluding hydrogens is 446 g/mol. The molecule has 1 aromatic carbocycles. The lowest BCUT2D eigenvalue weighted by Crippen LogP contribution is -2.14. The Balaban J connectivity index is 3.59. The Kier molecular flexibility index (Phi) is 7.01. The van der Waals surface area contributed by atoms with E-state index in [0.29, 0.717) is 6.92 Å². The van der Waals surface area contributed by atoms with Gasteiger partial charge in [0.25, 0.3) is 0 Å². The van der Waals surface area contributed by atoms with E-state index < -0.39 is 58.4 Å². The Morgan fingerprint density at radius 1 is 0.733 bits per heavy atom. The van der Waals surface area contributed by atoms with Gasteiger partial charge in [-0.3, -0.25) is 0 Å². The lowest BCUT2D eigenvalue weighted by Gasteiger charge is -2.17. The van der Waals surface area contributed by atoms with E-state index in [1.807, 2.05) is 0 Å². The van der Waals surface area contributed by atoms with Crippen molar-refractivity contribution in [3.63, 3.8) is 0 Å². The van der Waals surface area contributed by atoms with E-state index in [1.165, 1.54) is 0 Å². The molecule has 0 aliphatic carbocycles. The number of alkyl halides is 12. The molecule has 0 amide bonds. The van der Waals surface area contributed by atoms with Crippen LogP contribution in [0, 0.1) is 0 Å². The molecule has 0 fully saturated rings. The van der Waals surface area contributed by atoms with E-state index in [9.17, 15) is 52.7 Å². The van der Waals surface area contributed by atoms with Crippen LogP contribution >= 0.6 is 0 Å². The maximum absolute atomic E-state index is 12.9. The fourth-order valence-electron chi connectivity index (χ4n) is 1.89. The van der Waals surface area contributed by atoms with Gasteiger partial charge < -0.3 is 5.32 Å². The van der Waals surface area contributed by atoms with Gasteiger partial charge in [0.1, 0.15) is 0 Å². The molecule has 0 atom stereocenters. The number of nitrogens with one attached hydrogen (secondary N) is 1. The number of hydrogen-bond donors (Lipinski definition) is 1. The van der Waals surface area contributed by atoms with Crippen molar-refractivity contribution >= 4 is 5.69 Å². The molecule has 0 spiro atoms. The maximum atomic E-state index is 12.9. The fourth-order valence-corrected chi connectivity index (χ4v) is 1.89. The fraction of sp³-hybridized carbons (Fsp3) is 0.294. The van der Waals surface area contributed by atoms with Gasteiger partial charge in [-0.05, 0) is 37.3 Å². The topological polar surface area (TPSA) is 12.0 Å². The largest absolute Gasteiger partial charge is 0.416 e. The van der Waals surface area contributed by atoms with Crippen LogP contribution in [0.1, 0.15) is 18.1 Å². The summed E-state index contributed by atoms with van der Waals surface area (Å²) < 4.78 is 153. The van der Waals surface area contributed by atoms with Crippen LogP contribution < -0.4 is 5.32 Å². The van der Waals surface area contributed by atoms with E-state index in [-0.39, 0.29) is 30.4 Å². The Hall–Kier alpha value is -2.60. The molecule has 0 aromatic heterocycles. The first-order valence-corrected chi connectivity index (χ1v) is 7.51. The highest BCUT2D eigenvalue weighted by molar-refractivity contribution is 5.57. The highest BCUT2D eigenvalue weighted by Gasteiger charge is 2.37. The van der Waals surface area contributed by atoms with Crippen molar-refractivity contribution in [1.29, 1.82) is 0 Å². The molecule has 0 heterocycles. The third kappa shape index (κ3) is 7.34. The van der Waals surface area contributed by atoms with Gasteiger partial charge in [-0.2, -0.15) is 52.7 Å². The molecule has 0 saturated carbocycles. The van der Waals surface area contributed by atoms with Gasteiger partial charge in [-0.1, -0.05) is 6.58 Å². The van der Waals surface area contributed by atoms with Gasteiger partial charge in [0.2, 0.25) is 0 Å². The molecule has 0 saturated heterocycles. The molecule has 0 unspecified atom stereocenters. The molecule has 1 rings (SSSR count). The third-order valence-corrected chi connectivity index (χ3v) is 3.39. The lowest BCUT2D eigenvalue weighted by molar-refractivity contribution is -0.143. The van der Waals surface area contributed by atoms with Crippen molar-refractivity contribution < 1.29 is 52.7 Å². The van der Waals surface area contributed by atoms with E-state index in [2.05, 4.69) is 6.58 Å². The van der Waals surface area contributed by atoms with Crippen LogP contribution in [-0.2, 0) is 12.4 Å². The first-order valence-electron chi connectivity index (χ1n) is 7.51. The second-order valence-corrected chi connectivity index (χ2v) is 5.87.